The molecule has 1 aliphatic heterocycles. The molecule has 0 aromatic carbocycles. The number of piperidine rings is 1. The van der Waals surface area contributed by atoms with Gasteiger partial charge >= 0.3 is 0 Å². The number of rotatable bonds is 3. The van der Waals surface area contributed by atoms with E-state index in [4.69, 9.17) is 0 Å². The molecule has 18 heavy (non-hydrogen) atoms. The third-order valence-electron chi connectivity index (χ3n) is 3.68. The van der Waals surface area contributed by atoms with Crippen LogP contribution in [-0.4, -0.2) is 24.0 Å². The maximum Gasteiger partial charge on any atom is 0.231 e. The topological polar surface area (TPSA) is 54.0 Å². The molecule has 2 N–H and O–H groups in total. The van der Waals surface area contributed by atoms with Gasteiger partial charge in [0.2, 0.25) is 11.9 Å². The van der Waals surface area contributed by atoms with Crippen molar-refractivity contribution in [3.8, 4) is 0 Å². The second-order valence-electron chi connectivity index (χ2n) is 4.68. The summed E-state index contributed by atoms with van der Waals surface area (Å²) in [6.45, 7) is 3.71. The maximum atomic E-state index is 13.0. The molecule has 1 aromatic rings. The van der Waals surface area contributed by atoms with Gasteiger partial charge in [0.1, 0.15) is 5.82 Å². The van der Waals surface area contributed by atoms with Crippen LogP contribution in [0.2, 0.25) is 0 Å². The standard InChI is InChI=1S/C13H18FN3O/c1-2-13(6-8-15-9-7-13)12(18)17-11-5-3-4-10(14)16-11/h3-5,15H,2,6-9H2,1H3,(H,16,17,18). The highest BCUT2D eigenvalue weighted by molar-refractivity contribution is 5.94. The predicted octanol–water partition coefficient (Wildman–Crippen LogP) is 1.94. The molecule has 1 aliphatic rings. The van der Waals surface area contributed by atoms with Crippen molar-refractivity contribution in [2.75, 3.05) is 18.4 Å². The van der Waals surface area contributed by atoms with Crippen LogP contribution in [-0.2, 0) is 4.79 Å². The van der Waals surface area contributed by atoms with Crippen LogP contribution in [0.1, 0.15) is 26.2 Å². The number of anilines is 1. The average molecular weight is 251 g/mol. The number of halogens is 1. The molecule has 1 aromatic heterocycles. The largest absolute Gasteiger partial charge is 0.317 e. The molecule has 0 atom stereocenters. The summed E-state index contributed by atoms with van der Waals surface area (Å²) >= 11 is 0. The van der Waals surface area contributed by atoms with Crippen molar-refractivity contribution >= 4 is 11.7 Å². The number of amides is 1. The van der Waals surface area contributed by atoms with E-state index in [1.807, 2.05) is 6.92 Å². The molecule has 2 rings (SSSR count). The lowest BCUT2D eigenvalue weighted by molar-refractivity contribution is -0.127. The van der Waals surface area contributed by atoms with E-state index in [9.17, 15) is 9.18 Å². The highest BCUT2D eigenvalue weighted by atomic mass is 19.1. The minimum Gasteiger partial charge on any atom is -0.317 e. The number of nitrogens with one attached hydrogen (secondary N) is 2. The summed E-state index contributed by atoms with van der Waals surface area (Å²) in [6.07, 6.45) is 2.41. The quantitative estimate of drug-likeness (QED) is 0.807. The molecule has 0 bridgehead atoms. The monoisotopic (exact) mass is 251 g/mol. The van der Waals surface area contributed by atoms with Gasteiger partial charge in [0, 0.05) is 0 Å². The Morgan fingerprint density at radius 1 is 1.50 bits per heavy atom. The van der Waals surface area contributed by atoms with Gasteiger partial charge in [0.15, 0.2) is 0 Å². The smallest absolute Gasteiger partial charge is 0.231 e. The van der Waals surface area contributed by atoms with Gasteiger partial charge in [0.25, 0.3) is 0 Å². The van der Waals surface area contributed by atoms with Gasteiger partial charge in [0.05, 0.1) is 5.41 Å². The third-order valence-corrected chi connectivity index (χ3v) is 3.68. The highest BCUT2D eigenvalue weighted by Crippen LogP contribution is 2.33. The molecule has 0 spiro atoms. The molecule has 5 heteroatoms. The Kier molecular flexibility index (Phi) is 3.91. The lowest BCUT2D eigenvalue weighted by atomic mass is 9.76. The van der Waals surface area contributed by atoms with Crippen molar-refractivity contribution in [1.29, 1.82) is 0 Å². The van der Waals surface area contributed by atoms with Crippen LogP contribution in [0.4, 0.5) is 10.2 Å². The minimum atomic E-state index is -0.580. The predicted molar refractivity (Wildman–Crippen MR) is 67.7 cm³/mol. The molecule has 2 heterocycles. The van der Waals surface area contributed by atoms with Crippen LogP contribution >= 0.6 is 0 Å². The van der Waals surface area contributed by atoms with E-state index < -0.39 is 5.95 Å². The van der Waals surface area contributed by atoms with Crippen molar-refractivity contribution in [2.45, 2.75) is 26.2 Å². The summed E-state index contributed by atoms with van der Waals surface area (Å²) in [5.74, 6) is -0.348. The summed E-state index contributed by atoms with van der Waals surface area (Å²) in [6, 6.07) is 4.40. The number of pyridine rings is 1. The minimum absolute atomic E-state index is 0.0513. The van der Waals surface area contributed by atoms with E-state index in [0.717, 1.165) is 32.4 Å². The summed E-state index contributed by atoms with van der Waals surface area (Å²) in [5.41, 5.74) is -0.348. The second kappa shape index (κ2) is 5.44. The summed E-state index contributed by atoms with van der Waals surface area (Å²) in [4.78, 5) is 16.0. The van der Waals surface area contributed by atoms with E-state index in [0.29, 0.717) is 0 Å². The molecule has 0 radical (unpaired) electrons. The summed E-state index contributed by atoms with van der Waals surface area (Å²) < 4.78 is 13.0. The van der Waals surface area contributed by atoms with Crippen molar-refractivity contribution in [3.63, 3.8) is 0 Å². The zero-order valence-corrected chi connectivity index (χ0v) is 10.5. The van der Waals surface area contributed by atoms with E-state index in [2.05, 4.69) is 15.6 Å². The van der Waals surface area contributed by atoms with Gasteiger partial charge in [-0.1, -0.05) is 13.0 Å². The van der Waals surface area contributed by atoms with Crippen molar-refractivity contribution in [3.05, 3.63) is 24.1 Å². The molecular weight excluding hydrogens is 233 g/mol. The van der Waals surface area contributed by atoms with Gasteiger partial charge in [-0.15, -0.1) is 0 Å². The molecule has 0 unspecified atom stereocenters. The number of carbonyl (C=O) groups is 1. The molecular formula is C13H18FN3O. The maximum absolute atomic E-state index is 13.0. The molecule has 1 amide bonds. The van der Waals surface area contributed by atoms with Crippen molar-refractivity contribution < 1.29 is 9.18 Å². The van der Waals surface area contributed by atoms with Crippen LogP contribution in [0, 0.1) is 11.4 Å². The summed E-state index contributed by atoms with van der Waals surface area (Å²) in [7, 11) is 0. The SMILES string of the molecule is CCC1(C(=O)Nc2cccc(F)n2)CCNCC1. The number of hydrogen-bond donors (Lipinski definition) is 2. The normalized spacial score (nSPS) is 18.3. The molecule has 0 saturated carbocycles. The number of hydrogen-bond acceptors (Lipinski definition) is 3. The van der Waals surface area contributed by atoms with Gasteiger partial charge < -0.3 is 10.6 Å². The molecule has 0 aliphatic carbocycles. The third kappa shape index (κ3) is 2.67. The lowest BCUT2D eigenvalue weighted by Gasteiger charge is -2.35. The second-order valence-corrected chi connectivity index (χ2v) is 4.68. The van der Waals surface area contributed by atoms with Crippen molar-refractivity contribution in [1.82, 2.24) is 10.3 Å². The zero-order chi connectivity index (χ0) is 13.0. The van der Waals surface area contributed by atoms with E-state index in [1.54, 1.807) is 12.1 Å². The van der Waals surface area contributed by atoms with Gasteiger partial charge in [-0.05, 0) is 44.5 Å². The first-order chi connectivity index (χ1) is 8.66. The molecule has 1 fully saturated rings. The van der Waals surface area contributed by atoms with Crippen LogP contribution in [0.5, 0.6) is 0 Å². The lowest BCUT2D eigenvalue weighted by Crippen LogP contribution is -2.44. The first-order valence-electron chi connectivity index (χ1n) is 6.31. The first-order valence-corrected chi connectivity index (χ1v) is 6.31. The average Bonchev–Trinajstić information content (AvgIpc) is 2.39. The number of nitrogens with zero attached hydrogens (tertiary/aromatic N) is 1. The van der Waals surface area contributed by atoms with Gasteiger partial charge in [-0.2, -0.15) is 4.39 Å². The Balaban J connectivity index is 2.10. The van der Waals surface area contributed by atoms with Crippen molar-refractivity contribution in [2.24, 2.45) is 5.41 Å². The fourth-order valence-corrected chi connectivity index (χ4v) is 2.37. The Bertz CT molecular complexity index is 430. The zero-order valence-electron chi connectivity index (χ0n) is 10.5. The Hall–Kier alpha value is -1.49. The van der Waals surface area contributed by atoms with E-state index >= 15 is 0 Å². The van der Waals surface area contributed by atoms with E-state index in [-0.39, 0.29) is 17.1 Å². The molecule has 98 valence electrons. The fraction of sp³-hybridized carbons (Fsp3) is 0.538. The Morgan fingerprint density at radius 2 is 2.22 bits per heavy atom. The van der Waals surface area contributed by atoms with E-state index in [1.165, 1.54) is 6.07 Å². The molecule has 4 nitrogen and oxygen atoms in total. The van der Waals surface area contributed by atoms with Crippen LogP contribution < -0.4 is 10.6 Å². The first kappa shape index (κ1) is 13.0. The Labute approximate surface area is 106 Å². The van der Waals surface area contributed by atoms with Crippen LogP contribution in [0.3, 0.4) is 0 Å². The van der Waals surface area contributed by atoms with Crippen LogP contribution in [0.15, 0.2) is 18.2 Å². The summed E-state index contributed by atoms with van der Waals surface area (Å²) in [5, 5.41) is 5.97. The molecule has 1 saturated heterocycles. The Morgan fingerprint density at radius 3 is 2.83 bits per heavy atom. The van der Waals surface area contributed by atoms with Gasteiger partial charge in [-0.25, -0.2) is 4.98 Å². The number of carbonyl (C=O) groups excluding carboxylic acids is 1. The van der Waals surface area contributed by atoms with Crippen LogP contribution in [0.25, 0.3) is 0 Å². The number of aromatic nitrogens is 1. The highest BCUT2D eigenvalue weighted by Gasteiger charge is 2.37. The fourth-order valence-electron chi connectivity index (χ4n) is 2.37. The van der Waals surface area contributed by atoms with Gasteiger partial charge in [-0.3, -0.25) is 4.79 Å².